The molecule has 21 heavy (non-hydrogen) atoms. The minimum absolute atomic E-state index is 0.0329. The van der Waals surface area contributed by atoms with E-state index >= 15 is 0 Å². The first-order valence-corrected chi connectivity index (χ1v) is 7.35. The van der Waals surface area contributed by atoms with Crippen LogP contribution < -0.4 is 15.8 Å². The van der Waals surface area contributed by atoms with Crippen LogP contribution in [0.25, 0.3) is 0 Å². The van der Waals surface area contributed by atoms with Crippen LogP contribution in [0.15, 0.2) is 46.9 Å². The van der Waals surface area contributed by atoms with Gasteiger partial charge in [-0.3, -0.25) is 4.79 Å². The molecule has 110 valence electrons. The van der Waals surface area contributed by atoms with E-state index in [0.29, 0.717) is 18.5 Å². The predicted octanol–water partition coefficient (Wildman–Crippen LogP) is 3.61. The molecule has 0 unspecified atom stereocenters. The van der Waals surface area contributed by atoms with Gasteiger partial charge in [-0.15, -0.1) is 0 Å². The minimum atomic E-state index is -0.0329. The number of carbonyl (C=O) groups excluding carboxylic acids is 1. The average Bonchev–Trinajstić information content (AvgIpc) is 2.45. The zero-order chi connectivity index (χ0) is 15.2. The molecule has 0 saturated carbocycles. The highest BCUT2D eigenvalue weighted by atomic mass is 79.9. The standard InChI is InChI=1S/C16H17BrN2O2/c1-21-15-7-6-13(10-14(15)17)19-16(20)8-5-11-3-2-4-12(18)9-11/h2-4,6-7,9-10H,5,8,18H2,1H3,(H,19,20). The van der Waals surface area contributed by atoms with Gasteiger partial charge in [-0.1, -0.05) is 12.1 Å². The third-order valence-electron chi connectivity index (χ3n) is 3.03. The molecule has 0 aromatic heterocycles. The first-order valence-electron chi connectivity index (χ1n) is 6.56. The number of aryl methyl sites for hydroxylation is 1. The van der Waals surface area contributed by atoms with Crippen molar-refractivity contribution in [1.29, 1.82) is 0 Å². The molecule has 1 amide bonds. The molecule has 2 aromatic carbocycles. The molecule has 3 N–H and O–H groups in total. The number of ether oxygens (including phenoxy) is 1. The monoisotopic (exact) mass is 348 g/mol. The molecule has 5 heteroatoms. The Bertz CT molecular complexity index is 644. The summed E-state index contributed by atoms with van der Waals surface area (Å²) in [4.78, 5) is 11.9. The maximum absolute atomic E-state index is 11.9. The van der Waals surface area contributed by atoms with Gasteiger partial charge in [0.2, 0.25) is 5.91 Å². The highest BCUT2D eigenvalue weighted by molar-refractivity contribution is 9.10. The molecule has 0 radical (unpaired) electrons. The number of amides is 1. The van der Waals surface area contributed by atoms with Crippen LogP contribution in [0, 0.1) is 0 Å². The van der Waals surface area contributed by atoms with Gasteiger partial charge < -0.3 is 15.8 Å². The zero-order valence-electron chi connectivity index (χ0n) is 11.7. The number of carbonyl (C=O) groups is 1. The van der Waals surface area contributed by atoms with Gasteiger partial charge >= 0.3 is 0 Å². The molecular weight excluding hydrogens is 332 g/mol. The summed E-state index contributed by atoms with van der Waals surface area (Å²) in [7, 11) is 1.60. The first kappa shape index (κ1) is 15.4. The number of nitrogens with one attached hydrogen (secondary N) is 1. The number of halogens is 1. The highest BCUT2D eigenvalue weighted by Crippen LogP contribution is 2.27. The quantitative estimate of drug-likeness (QED) is 0.811. The number of benzene rings is 2. The van der Waals surface area contributed by atoms with Crippen molar-refractivity contribution in [3.8, 4) is 5.75 Å². The van der Waals surface area contributed by atoms with Gasteiger partial charge in [-0.25, -0.2) is 0 Å². The zero-order valence-corrected chi connectivity index (χ0v) is 13.3. The summed E-state index contributed by atoms with van der Waals surface area (Å²) in [5.41, 5.74) is 8.22. The van der Waals surface area contributed by atoms with Crippen LogP contribution >= 0.6 is 15.9 Å². The Labute approximate surface area is 132 Å². The number of rotatable bonds is 5. The topological polar surface area (TPSA) is 64.3 Å². The van der Waals surface area contributed by atoms with Crippen LogP contribution in [0.5, 0.6) is 5.75 Å². The van der Waals surface area contributed by atoms with E-state index in [2.05, 4.69) is 21.2 Å². The minimum Gasteiger partial charge on any atom is -0.496 e. The van der Waals surface area contributed by atoms with E-state index < -0.39 is 0 Å². The lowest BCUT2D eigenvalue weighted by molar-refractivity contribution is -0.116. The van der Waals surface area contributed by atoms with Crippen molar-refractivity contribution < 1.29 is 9.53 Å². The van der Waals surface area contributed by atoms with E-state index in [0.717, 1.165) is 21.5 Å². The summed E-state index contributed by atoms with van der Waals surface area (Å²) in [5, 5.41) is 2.86. The van der Waals surface area contributed by atoms with Gasteiger partial charge in [0.1, 0.15) is 5.75 Å². The third-order valence-corrected chi connectivity index (χ3v) is 3.65. The number of hydrogen-bond donors (Lipinski definition) is 2. The van der Waals surface area contributed by atoms with Gasteiger partial charge in [-0.05, 0) is 58.2 Å². The van der Waals surface area contributed by atoms with E-state index in [4.69, 9.17) is 10.5 Å². The molecule has 0 heterocycles. The van der Waals surface area contributed by atoms with Crippen molar-refractivity contribution in [2.45, 2.75) is 12.8 Å². The molecule has 0 fully saturated rings. The van der Waals surface area contributed by atoms with E-state index in [1.54, 1.807) is 13.2 Å². The lowest BCUT2D eigenvalue weighted by atomic mass is 10.1. The summed E-state index contributed by atoms with van der Waals surface area (Å²) >= 11 is 3.39. The van der Waals surface area contributed by atoms with Crippen molar-refractivity contribution in [3.05, 3.63) is 52.5 Å². The number of hydrogen-bond acceptors (Lipinski definition) is 3. The van der Waals surface area contributed by atoms with Crippen LogP contribution in [-0.4, -0.2) is 13.0 Å². The Balaban J connectivity index is 1.91. The van der Waals surface area contributed by atoms with Crippen LogP contribution in [0.2, 0.25) is 0 Å². The van der Waals surface area contributed by atoms with Crippen molar-refractivity contribution in [2.75, 3.05) is 18.2 Å². The molecule has 2 aromatic rings. The molecule has 0 aliphatic carbocycles. The van der Waals surface area contributed by atoms with Crippen molar-refractivity contribution in [2.24, 2.45) is 0 Å². The Hall–Kier alpha value is -2.01. The van der Waals surface area contributed by atoms with Crippen molar-refractivity contribution in [3.63, 3.8) is 0 Å². The van der Waals surface area contributed by atoms with E-state index in [-0.39, 0.29) is 5.91 Å². The predicted molar refractivity (Wildman–Crippen MR) is 88.5 cm³/mol. The molecule has 0 spiro atoms. The van der Waals surface area contributed by atoms with Gasteiger partial charge in [0.05, 0.1) is 11.6 Å². The number of methoxy groups -OCH3 is 1. The van der Waals surface area contributed by atoms with E-state index in [9.17, 15) is 4.79 Å². The third kappa shape index (κ3) is 4.49. The molecular formula is C16H17BrN2O2. The number of anilines is 2. The second kappa shape index (κ2) is 7.13. The van der Waals surface area contributed by atoms with Crippen LogP contribution in [0.3, 0.4) is 0 Å². The molecule has 0 bridgehead atoms. The molecule has 2 rings (SSSR count). The summed E-state index contributed by atoms with van der Waals surface area (Å²) in [5.74, 6) is 0.697. The first-order chi connectivity index (χ1) is 10.1. The lowest BCUT2D eigenvalue weighted by Gasteiger charge is -2.08. The Morgan fingerprint density at radius 3 is 2.76 bits per heavy atom. The Kier molecular flexibility index (Phi) is 5.22. The molecule has 0 atom stereocenters. The summed E-state index contributed by atoms with van der Waals surface area (Å²) in [6.45, 7) is 0. The lowest BCUT2D eigenvalue weighted by Crippen LogP contribution is -2.12. The maximum atomic E-state index is 11.9. The molecule has 0 saturated heterocycles. The molecule has 0 aliphatic rings. The van der Waals surface area contributed by atoms with E-state index in [1.807, 2.05) is 36.4 Å². The Morgan fingerprint density at radius 1 is 1.29 bits per heavy atom. The second-order valence-corrected chi connectivity index (χ2v) is 5.50. The summed E-state index contributed by atoms with van der Waals surface area (Å²) in [6.07, 6.45) is 1.07. The van der Waals surface area contributed by atoms with Crippen LogP contribution in [0.4, 0.5) is 11.4 Å². The smallest absolute Gasteiger partial charge is 0.224 e. The fourth-order valence-corrected chi connectivity index (χ4v) is 2.51. The normalized spacial score (nSPS) is 10.2. The van der Waals surface area contributed by atoms with Crippen LogP contribution in [0.1, 0.15) is 12.0 Å². The van der Waals surface area contributed by atoms with Gasteiger partial charge in [0.15, 0.2) is 0 Å². The fourth-order valence-electron chi connectivity index (χ4n) is 1.97. The molecule has 0 aliphatic heterocycles. The fraction of sp³-hybridized carbons (Fsp3) is 0.188. The number of nitrogen functional groups attached to an aromatic ring is 1. The van der Waals surface area contributed by atoms with Crippen molar-refractivity contribution in [1.82, 2.24) is 0 Å². The SMILES string of the molecule is COc1ccc(NC(=O)CCc2cccc(N)c2)cc1Br. The summed E-state index contributed by atoms with van der Waals surface area (Å²) in [6, 6.07) is 13.0. The number of nitrogens with two attached hydrogens (primary N) is 1. The molecule has 4 nitrogen and oxygen atoms in total. The van der Waals surface area contributed by atoms with Gasteiger partial charge in [-0.2, -0.15) is 0 Å². The van der Waals surface area contributed by atoms with Crippen molar-refractivity contribution >= 4 is 33.2 Å². The van der Waals surface area contributed by atoms with Gasteiger partial charge in [0.25, 0.3) is 0 Å². The van der Waals surface area contributed by atoms with Gasteiger partial charge in [0, 0.05) is 17.8 Å². The largest absolute Gasteiger partial charge is 0.496 e. The van der Waals surface area contributed by atoms with Crippen LogP contribution in [-0.2, 0) is 11.2 Å². The average molecular weight is 349 g/mol. The maximum Gasteiger partial charge on any atom is 0.224 e. The Morgan fingerprint density at radius 2 is 2.10 bits per heavy atom. The second-order valence-electron chi connectivity index (χ2n) is 4.64. The van der Waals surface area contributed by atoms with E-state index in [1.165, 1.54) is 0 Å². The highest BCUT2D eigenvalue weighted by Gasteiger charge is 2.06. The summed E-state index contributed by atoms with van der Waals surface area (Å²) < 4.78 is 5.95.